The summed E-state index contributed by atoms with van der Waals surface area (Å²) in [6.45, 7) is 0.153. The van der Waals surface area contributed by atoms with Crippen LogP contribution in [0.4, 0.5) is 4.39 Å². The molecule has 2 aromatic rings. The van der Waals surface area contributed by atoms with Crippen molar-refractivity contribution in [3.05, 3.63) is 53.8 Å². The fourth-order valence-corrected chi connectivity index (χ4v) is 3.27. The molecular formula is C16H18FNO4S. The van der Waals surface area contributed by atoms with Crippen LogP contribution in [0.1, 0.15) is 5.56 Å². The maximum atomic E-state index is 12.9. The van der Waals surface area contributed by atoms with Crippen molar-refractivity contribution in [2.75, 3.05) is 21.3 Å². The molecule has 0 aliphatic carbocycles. The van der Waals surface area contributed by atoms with Gasteiger partial charge < -0.3 is 9.47 Å². The highest BCUT2D eigenvalue weighted by molar-refractivity contribution is 7.89. The Labute approximate surface area is 135 Å². The van der Waals surface area contributed by atoms with Gasteiger partial charge in [0.25, 0.3) is 0 Å². The number of sulfonamides is 1. The number of hydrogen-bond acceptors (Lipinski definition) is 4. The summed E-state index contributed by atoms with van der Waals surface area (Å²) in [5.41, 5.74) is 0.746. The van der Waals surface area contributed by atoms with Crippen molar-refractivity contribution in [1.29, 1.82) is 0 Å². The topological polar surface area (TPSA) is 55.8 Å². The van der Waals surface area contributed by atoms with Gasteiger partial charge in [-0.3, -0.25) is 0 Å². The zero-order valence-electron chi connectivity index (χ0n) is 13.1. The predicted molar refractivity (Wildman–Crippen MR) is 84.6 cm³/mol. The van der Waals surface area contributed by atoms with Crippen LogP contribution in [0.15, 0.2) is 47.4 Å². The van der Waals surface area contributed by atoms with Gasteiger partial charge in [0, 0.05) is 13.6 Å². The molecular weight excluding hydrogens is 321 g/mol. The molecule has 2 rings (SSSR count). The van der Waals surface area contributed by atoms with Crippen LogP contribution in [0.2, 0.25) is 0 Å². The number of methoxy groups -OCH3 is 2. The van der Waals surface area contributed by atoms with Gasteiger partial charge in [-0.1, -0.05) is 6.07 Å². The Kier molecular flexibility index (Phi) is 5.23. The summed E-state index contributed by atoms with van der Waals surface area (Å²) >= 11 is 0. The Morgan fingerprint density at radius 1 is 1.00 bits per heavy atom. The predicted octanol–water partition coefficient (Wildman–Crippen LogP) is 2.66. The molecule has 0 atom stereocenters. The van der Waals surface area contributed by atoms with Crippen LogP contribution in [0.5, 0.6) is 11.5 Å². The minimum Gasteiger partial charge on any atom is -0.493 e. The molecule has 5 nitrogen and oxygen atoms in total. The van der Waals surface area contributed by atoms with Gasteiger partial charge in [-0.25, -0.2) is 12.8 Å². The van der Waals surface area contributed by atoms with Crippen LogP contribution in [-0.4, -0.2) is 34.0 Å². The minimum atomic E-state index is -3.69. The van der Waals surface area contributed by atoms with E-state index in [1.807, 2.05) is 0 Å². The first-order chi connectivity index (χ1) is 10.9. The molecule has 0 heterocycles. The van der Waals surface area contributed by atoms with E-state index in [1.165, 1.54) is 37.7 Å². The van der Waals surface area contributed by atoms with Crippen LogP contribution >= 0.6 is 0 Å². The molecule has 0 radical (unpaired) electrons. The van der Waals surface area contributed by atoms with E-state index in [1.54, 1.807) is 18.2 Å². The van der Waals surface area contributed by atoms with Gasteiger partial charge >= 0.3 is 0 Å². The molecule has 0 N–H and O–H groups in total. The van der Waals surface area contributed by atoms with Gasteiger partial charge in [0.2, 0.25) is 10.0 Å². The molecule has 0 saturated carbocycles. The van der Waals surface area contributed by atoms with Gasteiger partial charge in [-0.2, -0.15) is 4.31 Å². The molecule has 2 aromatic carbocycles. The first kappa shape index (κ1) is 17.2. The highest BCUT2D eigenvalue weighted by Gasteiger charge is 2.21. The maximum Gasteiger partial charge on any atom is 0.243 e. The molecule has 124 valence electrons. The van der Waals surface area contributed by atoms with Crippen LogP contribution in [0.3, 0.4) is 0 Å². The number of ether oxygens (including phenoxy) is 2. The summed E-state index contributed by atoms with van der Waals surface area (Å²) in [5, 5.41) is 0. The average Bonchev–Trinajstić information content (AvgIpc) is 2.55. The molecule has 0 unspecified atom stereocenters. The van der Waals surface area contributed by atoms with E-state index in [4.69, 9.17) is 9.47 Å². The molecule has 0 bridgehead atoms. The van der Waals surface area contributed by atoms with Crippen molar-refractivity contribution in [2.24, 2.45) is 0 Å². The number of halogens is 1. The number of hydrogen-bond donors (Lipinski definition) is 0. The summed E-state index contributed by atoms with van der Waals surface area (Å²) in [6, 6.07) is 9.93. The largest absolute Gasteiger partial charge is 0.493 e. The molecule has 0 aliphatic rings. The third-order valence-electron chi connectivity index (χ3n) is 3.38. The van der Waals surface area contributed by atoms with Crippen molar-refractivity contribution in [1.82, 2.24) is 4.31 Å². The van der Waals surface area contributed by atoms with Gasteiger partial charge in [-0.15, -0.1) is 0 Å². The summed E-state index contributed by atoms with van der Waals surface area (Å²) < 4.78 is 49.4. The van der Waals surface area contributed by atoms with Gasteiger partial charge in [0.15, 0.2) is 11.5 Å². The van der Waals surface area contributed by atoms with Gasteiger partial charge in [-0.05, 0) is 42.0 Å². The normalized spacial score (nSPS) is 11.5. The van der Waals surface area contributed by atoms with E-state index in [0.717, 1.165) is 17.7 Å². The first-order valence-corrected chi connectivity index (χ1v) is 8.25. The van der Waals surface area contributed by atoms with Crippen molar-refractivity contribution in [3.8, 4) is 11.5 Å². The van der Waals surface area contributed by atoms with Crippen LogP contribution in [0.25, 0.3) is 0 Å². The summed E-state index contributed by atoms with van der Waals surface area (Å²) in [7, 11) is 0.818. The Hall–Kier alpha value is -2.12. The van der Waals surface area contributed by atoms with E-state index in [9.17, 15) is 12.8 Å². The lowest BCUT2D eigenvalue weighted by molar-refractivity contribution is 0.354. The third kappa shape index (κ3) is 3.80. The van der Waals surface area contributed by atoms with E-state index in [0.29, 0.717) is 11.5 Å². The number of rotatable bonds is 6. The second-order valence-electron chi connectivity index (χ2n) is 4.90. The van der Waals surface area contributed by atoms with E-state index in [2.05, 4.69) is 0 Å². The minimum absolute atomic E-state index is 0.0434. The SMILES string of the molecule is COc1ccc(CN(C)S(=O)(=O)c2ccc(F)cc2)cc1OC. The zero-order valence-corrected chi connectivity index (χ0v) is 13.9. The molecule has 0 spiro atoms. The standard InChI is InChI=1S/C16H18FNO4S/c1-18(23(19,20)14-7-5-13(17)6-8-14)11-12-4-9-15(21-2)16(10-12)22-3/h4-10H,11H2,1-3H3. The molecule has 0 fully saturated rings. The lowest BCUT2D eigenvalue weighted by Crippen LogP contribution is -2.26. The van der Waals surface area contributed by atoms with Gasteiger partial charge in [0.1, 0.15) is 5.82 Å². The molecule has 0 saturated heterocycles. The van der Waals surface area contributed by atoms with Gasteiger partial charge in [0.05, 0.1) is 19.1 Å². The highest BCUT2D eigenvalue weighted by Crippen LogP contribution is 2.28. The zero-order chi connectivity index (χ0) is 17.0. The second-order valence-corrected chi connectivity index (χ2v) is 6.95. The van der Waals surface area contributed by atoms with Crippen molar-refractivity contribution in [2.45, 2.75) is 11.4 Å². The van der Waals surface area contributed by atoms with Crippen LogP contribution in [0, 0.1) is 5.82 Å². The first-order valence-electron chi connectivity index (χ1n) is 6.81. The summed E-state index contributed by atoms with van der Waals surface area (Å²) in [6.07, 6.45) is 0. The molecule has 0 aromatic heterocycles. The smallest absolute Gasteiger partial charge is 0.243 e. The summed E-state index contributed by atoms with van der Waals surface area (Å²) in [5.74, 6) is 0.615. The Morgan fingerprint density at radius 2 is 1.61 bits per heavy atom. The third-order valence-corrected chi connectivity index (χ3v) is 5.19. The Balaban J connectivity index is 2.24. The highest BCUT2D eigenvalue weighted by atomic mass is 32.2. The monoisotopic (exact) mass is 339 g/mol. The fraction of sp³-hybridized carbons (Fsp3) is 0.250. The van der Waals surface area contributed by atoms with Crippen molar-refractivity contribution >= 4 is 10.0 Å². The quantitative estimate of drug-likeness (QED) is 0.812. The molecule has 23 heavy (non-hydrogen) atoms. The Bertz CT molecular complexity index is 775. The average molecular weight is 339 g/mol. The molecule has 7 heteroatoms. The van der Waals surface area contributed by atoms with Crippen molar-refractivity contribution < 1.29 is 22.3 Å². The van der Waals surface area contributed by atoms with E-state index < -0.39 is 15.8 Å². The maximum absolute atomic E-state index is 12.9. The van der Waals surface area contributed by atoms with Crippen molar-refractivity contribution in [3.63, 3.8) is 0 Å². The number of benzene rings is 2. The number of nitrogens with zero attached hydrogens (tertiary/aromatic N) is 1. The van der Waals surface area contributed by atoms with E-state index in [-0.39, 0.29) is 11.4 Å². The molecule has 0 aliphatic heterocycles. The molecule has 0 amide bonds. The Morgan fingerprint density at radius 3 is 2.17 bits per heavy atom. The second kappa shape index (κ2) is 6.97. The van der Waals surface area contributed by atoms with Crippen LogP contribution in [-0.2, 0) is 16.6 Å². The van der Waals surface area contributed by atoms with Crippen LogP contribution < -0.4 is 9.47 Å². The van der Waals surface area contributed by atoms with E-state index >= 15 is 0 Å². The fourth-order valence-electron chi connectivity index (χ4n) is 2.11. The lowest BCUT2D eigenvalue weighted by atomic mass is 10.2. The lowest BCUT2D eigenvalue weighted by Gasteiger charge is -2.18. The summed E-state index contributed by atoms with van der Waals surface area (Å²) in [4.78, 5) is 0.0434.